The molecule has 1 N–H and O–H groups in total. The van der Waals surface area contributed by atoms with Crippen molar-refractivity contribution in [1.82, 2.24) is 10.2 Å². The van der Waals surface area contributed by atoms with Crippen LogP contribution in [0.4, 0.5) is 0 Å². The molecule has 4 heteroatoms. The second-order valence-electron chi connectivity index (χ2n) is 8.60. The van der Waals surface area contributed by atoms with Gasteiger partial charge < -0.3 is 10.2 Å². The number of nitrogens with one attached hydrogen (secondary N) is 1. The van der Waals surface area contributed by atoms with Gasteiger partial charge in [0.05, 0.1) is 0 Å². The number of benzene rings is 1. The minimum absolute atomic E-state index is 0.0808. The standard InChI is InChI=1S/C21H30N2O2/c1-21(2,3)17-7-4-15(5-8-17)6-11-19(24)22-13-16-12-20(25)23(14-16)18-9-10-18/h4-5,7-8,16,18H,6,9-14H2,1-3H3,(H,22,24). The quantitative estimate of drug-likeness (QED) is 0.864. The highest BCUT2D eigenvalue weighted by Crippen LogP contribution is 2.32. The Labute approximate surface area is 151 Å². The van der Waals surface area contributed by atoms with Crippen LogP contribution in [-0.2, 0) is 21.4 Å². The largest absolute Gasteiger partial charge is 0.356 e. The van der Waals surface area contributed by atoms with Gasteiger partial charge in [0.15, 0.2) is 0 Å². The average molecular weight is 342 g/mol. The van der Waals surface area contributed by atoms with E-state index in [0.717, 1.165) is 25.8 Å². The number of carbonyl (C=O) groups is 2. The van der Waals surface area contributed by atoms with Crippen LogP contribution in [-0.4, -0.2) is 35.8 Å². The summed E-state index contributed by atoms with van der Waals surface area (Å²) in [6, 6.07) is 9.05. The maximum atomic E-state index is 12.1. The van der Waals surface area contributed by atoms with E-state index >= 15 is 0 Å². The number of hydrogen-bond donors (Lipinski definition) is 1. The van der Waals surface area contributed by atoms with Crippen molar-refractivity contribution in [3.63, 3.8) is 0 Å². The van der Waals surface area contributed by atoms with E-state index in [0.29, 0.717) is 25.4 Å². The second-order valence-corrected chi connectivity index (χ2v) is 8.60. The highest BCUT2D eigenvalue weighted by molar-refractivity contribution is 5.80. The van der Waals surface area contributed by atoms with E-state index < -0.39 is 0 Å². The van der Waals surface area contributed by atoms with Gasteiger partial charge in [-0.05, 0) is 35.8 Å². The summed E-state index contributed by atoms with van der Waals surface area (Å²) in [7, 11) is 0. The Morgan fingerprint density at radius 2 is 1.88 bits per heavy atom. The number of likely N-dealkylation sites (tertiary alicyclic amines) is 1. The minimum Gasteiger partial charge on any atom is -0.356 e. The molecule has 0 radical (unpaired) electrons. The third kappa shape index (κ3) is 4.83. The molecular weight excluding hydrogens is 312 g/mol. The highest BCUT2D eigenvalue weighted by Gasteiger charge is 2.39. The summed E-state index contributed by atoms with van der Waals surface area (Å²) in [6.07, 6.45) is 4.15. The van der Waals surface area contributed by atoms with Gasteiger partial charge in [0.25, 0.3) is 0 Å². The first-order valence-corrected chi connectivity index (χ1v) is 9.48. The van der Waals surface area contributed by atoms with Crippen molar-refractivity contribution >= 4 is 11.8 Å². The molecule has 1 aliphatic heterocycles. The maximum Gasteiger partial charge on any atom is 0.223 e. The Kier molecular flexibility index (Phi) is 5.16. The smallest absolute Gasteiger partial charge is 0.223 e. The number of amides is 2. The zero-order valence-corrected chi connectivity index (χ0v) is 15.7. The molecule has 1 aliphatic carbocycles. The van der Waals surface area contributed by atoms with E-state index in [2.05, 4.69) is 50.4 Å². The summed E-state index contributed by atoms with van der Waals surface area (Å²) < 4.78 is 0. The molecule has 2 fully saturated rings. The lowest BCUT2D eigenvalue weighted by Crippen LogP contribution is -2.32. The van der Waals surface area contributed by atoms with Crippen molar-refractivity contribution in [2.45, 2.75) is 64.3 Å². The predicted octanol–water partition coefficient (Wildman–Crippen LogP) is 3.04. The van der Waals surface area contributed by atoms with Crippen LogP contribution in [0.2, 0.25) is 0 Å². The summed E-state index contributed by atoms with van der Waals surface area (Å²) >= 11 is 0. The van der Waals surface area contributed by atoms with Gasteiger partial charge in [-0.15, -0.1) is 0 Å². The summed E-state index contributed by atoms with van der Waals surface area (Å²) in [4.78, 5) is 26.0. The third-order valence-corrected chi connectivity index (χ3v) is 5.27. The molecule has 2 aliphatic rings. The van der Waals surface area contributed by atoms with Crippen LogP contribution in [0.25, 0.3) is 0 Å². The van der Waals surface area contributed by atoms with Gasteiger partial charge in [0.1, 0.15) is 0 Å². The zero-order valence-electron chi connectivity index (χ0n) is 15.7. The number of carbonyl (C=O) groups excluding carboxylic acids is 2. The first-order valence-electron chi connectivity index (χ1n) is 9.48. The van der Waals surface area contributed by atoms with E-state index in [9.17, 15) is 9.59 Å². The lowest BCUT2D eigenvalue weighted by Gasteiger charge is -2.19. The maximum absolute atomic E-state index is 12.1. The number of nitrogens with zero attached hydrogens (tertiary/aromatic N) is 1. The van der Waals surface area contributed by atoms with Crippen molar-refractivity contribution < 1.29 is 9.59 Å². The van der Waals surface area contributed by atoms with Gasteiger partial charge in [-0.3, -0.25) is 9.59 Å². The molecular formula is C21H30N2O2. The first kappa shape index (κ1) is 18.0. The van der Waals surface area contributed by atoms with Gasteiger partial charge >= 0.3 is 0 Å². The van der Waals surface area contributed by atoms with E-state index in [-0.39, 0.29) is 23.1 Å². The lowest BCUT2D eigenvalue weighted by atomic mass is 9.86. The van der Waals surface area contributed by atoms with Gasteiger partial charge in [0.2, 0.25) is 11.8 Å². The van der Waals surface area contributed by atoms with Gasteiger partial charge in [-0.25, -0.2) is 0 Å². The molecule has 1 aromatic carbocycles. The monoisotopic (exact) mass is 342 g/mol. The molecule has 136 valence electrons. The Hall–Kier alpha value is -1.84. The molecule has 1 atom stereocenters. The summed E-state index contributed by atoms with van der Waals surface area (Å²) in [5, 5.41) is 3.01. The molecule has 4 nitrogen and oxygen atoms in total. The zero-order chi connectivity index (χ0) is 18.0. The van der Waals surface area contributed by atoms with Crippen LogP contribution in [0.5, 0.6) is 0 Å². The molecule has 1 saturated heterocycles. The molecule has 1 aromatic rings. The Morgan fingerprint density at radius 1 is 1.20 bits per heavy atom. The van der Waals surface area contributed by atoms with Gasteiger partial charge in [-0.2, -0.15) is 0 Å². The lowest BCUT2D eigenvalue weighted by molar-refractivity contribution is -0.128. The summed E-state index contributed by atoms with van der Waals surface area (Å²) in [5.41, 5.74) is 2.66. The van der Waals surface area contributed by atoms with Crippen LogP contribution in [0, 0.1) is 5.92 Å². The van der Waals surface area contributed by atoms with E-state index in [1.807, 2.05) is 4.90 Å². The van der Waals surface area contributed by atoms with Gasteiger partial charge in [0, 0.05) is 37.9 Å². The highest BCUT2D eigenvalue weighted by atomic mass is 16.2. The minimum atomic E-state index is 0.0808. The summed E-state index contributed by atoms with van der Waals surface area (Å²) in [6.45, 7) is 8.05. The molecule has 0 spiro atoms. The fourth-order valence-electron chi connectivity index (χ4n) is 3.46. The normalized spacial score (nSPS) is 20.8. The van der Waals surface area contributed by atoms with Crippen LogP contribution in [0.3, 0.4) is 0 Å². The molecule has 25 heavy (non-hydrogen) atoms. The Morgan fingerprint density at radius 3 is 2.48 bits per heavy atom. The van der Waals surface area contributed by atoms with E-state index in [1.54, 1.807) is 0 Å². The second kappa shape index (κ2) is 7.19. The Balaban J connectivity index is 1.39. The molecule has 0 aromatic heterocycles. The fraction of sp³-hybridized carbons (Fsp3) is 0.619. The van der Waals surface area contributed by atoms with Crippen LogP contribution >= 0.6 is 0 Å². The average Bonchev–Trinajstić information content (AvgIpc) is 3.33. The van der Waals surface area contributed by atoms with Crippen molar-refractivity contribution in [3.05, 3.63) is 35.4 Å². The predicted molar refractivity (Wildman–Crippen MR) is 99.3 cm³/mol. The van der Waals surface area contributed by atoms with Crippen molar-refractivity contribution in [2.24, 2.45) is 5.92 Å². The van der Waals surface area contributed by atoms with Crippen molar-refractivity contribution in [2.75, 3.05) is 13.1 Å². The number of rotatable bonds is 6. The third-order valence-electron chi connectivity index (χ3n) is 5.27. The SMILES string of the molecule is CC(C)(C)c1ccc(CCC(=O)NCC2CC(=O)N(C3CC3)C2)cc1. The van der Waals surface area contributed by atoms with Crippen LogP contribution in [0.15, 0.2) is 24.3 Å². The van der Waals surface area contributed by atoms with Gasteiger partial charge in [-0.1, -0.05) is 45.0 Å². The number of aryl methyl sites for hydroxylation is 1. The van der Waals surface area contributed by atoms with Crippen molar-refractivity contribution in [3.8, 4) is 0 Å². The molecule has 1 unspecified atom stereocenters. The number of hydrogen-bond acceptors (Lipinski definition) is 2. The topological polar surface area (TPSA) is 49.4 Å². The van der Waals surface area contributed by atoms with E-state index in [4.69, 9.17) is 0 Å². The molecule has 3 rings (SSSR count). The van der Waals surface area contributed by atoms with Crippen LogP contribution < -0.4 is 5.32 Å². The molecule has 1 heterocycles. The fourth-order valence-corrected chi connectivity index (χ4v) is 3.46. The van der Waals surface area contributed by atoms with Crippen LogP contribution in [0.1, 0.15) is 57.6 Å². The molecule has 2 amide bonds. The molecule has 0 bridgehead atoms. The van der Waals surface area contributed by atoms with Crippen molar-refractivity contribution in [1.29, 1.82) is 0 Å². The summed E-state index contributed by atoms with van der Waals surface area (Å²) in [5.74, 6) is 0.626. The molecule has 1 saturated carbocycles. The van der Waals surface area contributed by atoms with E-state index in [1.165, 1.54) is 11.1 Å². The Bertz CT molecular complexity index is 626. The first-order chi connectivity index (χ1) is 11.8.